The first-order valence-corrected chi connectivity index (χ1v) is 22.4. The molecule has 0 spiro atoms. The van der Waals surface area contributed by atoms with Crippen molar-refractivity contribution >= 4 is 23.2 Å². The van der Waals surface area contributed by atoms with Gasteiger partial charge >= 0.3 is 0 Å². The summed E-state index contributed by atoms with van der Waals surface area (Å²) in [5, 5.41) is 31.3. The van der Waals surface area contributed by atoms with E-state index in [1.54, 1.807) is 43.5 Å². The first kappa shape index (κ1) is 45.2. The topological polar surface area (TPSA) is 143 Å². The van der Waals surface area contributed by atoms with Crippen molar-refractivity contribution in [2.45, 2.75) is 49.8 Å². The van der Waals surface area contributed by atoms with Gasteiger partial charge in [-0.05, 0) is 113 Å². The summed E-state index contributed by atoms with van der Waals surface area (Å²) in [4.78, 5) is 40.2. The van der Waals surface area contributed by atoms with Crippen LogP contribution in [0.2, 0.25) is 0 Å². The summed E-state index contributed by atoms with van der Waals surface area (Å²) in [5.41, 5.74) is 8.84. The minimum Gasteiger partial charge on any atom is -0.497 e. The number of methoxy groups -OCH3 is 1. The van der Waals surface area contributed by atoms with Crippen molar-refractivity contribution in [3.8, 4) is 16.9 Å². The molecule has 7 aromatic carbocycles. The van der Waals surface area contributed by atoms with Gasteiger partial charge in [-0.1, -0.05) is 146 Å². The Kier molecular flexibility index (Phi) is 14.4. The molecule has 4 N–H and O–H groups in total. The molecule has 8 rings (SSSR count). The van der Waals surface area contributed by atoms with E-state index in [2.05, 4.69) is 83.0 Å². The van der Waals surface area contributed by atoms with Crippen molar-refractivity contribution in [2.24, 2.45) is 5.92 Å². The number of aliphatic hydroxyl groups is 1. The first-order chi connectivity index (χ1) is 32.3. The number of nitrogens with zero attached hydrogens (tertiary/aromatic N) is 1. The lowest BCUT2D eigenvalue weighted by molar-refractivity contribution is -0.384. The maximum atomic E-state index is 14.8. The van der Waals surface area contributed by atoms with Gasteiger partial charge in [0, 0.05) is 29.7 Å². The highest BCUT2D eigenvalue weighted by atomic mass is 16.6. The van der Waals surface area contributed by atoms with Crippen LogP contribution in [0.1, 0.15) is 64.1 Å². The minimum absolute atomic E-state index is 0.0330. The number of aliphatic hydroxyl groups excluding tert-OH is 1. The van der Waals surface area contributed by atoms with Gasteiger partial charge in [0.2, 0.25) is 11.8 Å². The van der Waals surface area contributed by atoms with E-state index in [0.29, 0.717) is 37.1 Å². The number of carbonyl (C=O) groups is 2. The number of nitro benzene ring substituents is 1. The van der Waals surface area contributed by atoms with Crippen LogP contribution >= 0.6 is 0 Å². The van der Waals surface area contributed by atoms with Crippen LogP contribution in [0.3, 0.4) is 0 Å². The number of anilines is 1. The molecule has 0 bridgehead atoms. The molecular weight excluding hydrogens is 825 g/mol. The SMILES string of the molecule is COc1ccc(C(NCCCC[C@H](NC(=O)[C@@H]([CH]C2c3ccccc3-c3ccccc32)Cc2ccc([N+](=O)[O-])cc2)C(=O)Nc2ccc(CO)cc2)(c2ccccc2)c2ccccc2)cc1. The Labute approximate surface area is 385 Å². The zero-order chi connectivity index (χ0) is 45.9. The third-order valence-electron chi connectivity index (χ3n) is 12.5. The molecule has 0 fully saturated rings. The number of amides is 2. The molecule has 0 aromatic heterocycles. The van der Waals surface area contributed by atoms with Crippen LogP contribution in [0.15, 0.2) is 182 Å². The third-order valence-corrected chi connectivity index (χ3v) is 12.5. The summed E-state index contributed by atoms with van der Waals surface area (Å²) >= 11 is 0. The van der Waals surface area contributed by atoms with E-state index in [-0.39, 0.29) is 36.4 Å². The second-order valence-corrected chi connectivity index (χ2v) is 16.6. The molecule has 0 saturated carbocycles. The van der Waals surface area contributed by atoms with Crippen LogP contribution in [-0.4, -0.2) is 41.5 Å². The maximum Gasteiger partial charge on any atom is 0.269 e. The number of nitrogens with one attached hydrogen (secondary N) is 3. The zero-order valence-corrected chi connectivity index (χ0v) is 36.8. The molecule has 0 saturated heterocycles. The lowest BCUT2D eigenvalue weighted by Gasteiger charge is -2.37. The highest BCUT2D eigenvalue weighted by molar-refractivity contribution is 5.97. The second kappa shape index (κ2) is 21.1. The highest BCUT2D eigenvalue weighted by Gasteiger charge is 2.37. The summed E-state index contributed by atoms with van der Waals surface area (Å²) < 4.78 is 5.52. The smallest absolute Gasteiger partial charge is 0.269 e. The average Bonchev–Trinajstić information content (AvgIpc) is 3.68. The molecular formula is C56H53N4O6. The van der Waals surface area contributed by atoms with Gasteiger partial charge in [0.15, 0.2) is 0 Å². The maximum absolute atomic E-state index is 14.8. The standard InChI is InChI=1S/C56H53N4O6/c1-66-47-33-27-44(28-34-47)56(42-14-4-2-5-15-42,43-16-6-3-7-17-43)57-35-13-12-22-53(55(63)58-45-29-23-40(38-61)24-30-45)59-54(62)41(36-39-25-31-46(32-26-39)60(64)65)37-52-50-20-10-8-18-48(50)49-19-9-11-21-51(49)52/h2-11,14-21,23-34,37,41,52-53,57,61H,12-13,22,35-36,38H2,1H3,(H,58,63)(H,59,62)/t41-,53+/m1/s1. The van der Waals surface area contributed by atoms with Crippen molar-refractivity contribution in [3.05, 3.63) is 237 Å². The number of rotatable bonds is 20. The Morgan fingerprint density at radius 2 is 1.23 bits per heavy atom. The van der Waals surface area contributed by atoms with Crippen molar-refractivity contribution < 1.29 is 24.4 Å². The lowest BCUT2D eigenvalue weighted by Crippen LogP contribution is -2.47. The number of hydrogen-bond donors (Lipinski definition) is 4. The van der Waals surface area contributed by atoms with Gasteiger partial charge in [-0.2, -0.15) is 0 Å². The third kappa shape index (κ3) is 10.1. The Morgan fingerprint density at radius 3 is 1.79 bits per heavy atom. The van der Waals surface area contributed by atoms with Crippen LogP contribution in [0.25, 0.3) is 11.1 Å². The average molecular weight is 878 g/mol. The van der Waals surface area contributed by atoms with Crippen molar-refractivity contribution in [2.75, 3.05) is 19.0 Å². The molecule has 1 radical (unpaired) electrons. The molecule has 66 heavy (non-hydrogen) atoms. The van der Waals surface area contributed by atoms with Crippen LogP contribution in [0.4, 0.5) is 11.4 Å². The molecule has 2 amide bonds. The van der Waals surface area contributed by atoms with Gasteiger partial charge in [-0.25, -0.2) is 0 Å². The number of carbonyl (C=O) groups excluding carboxylic acids is 2. The molecule has 2 atom stereocenters. The number of unbranched alkanes of at least 4 members (excludes halogenated alkanes) is 1. The van der Waals surface area contributed by atoms with E-state index in [1.165, 1.54) is 12.1 Å². The number of non-ortho nitro benzene ring substituents is 1. The van der Waals surface area contributed by atoms with Gasteiger partial charge in [0.1, 0.15) is 11.8 Å². The number of benzene rings is 7. The zero-order valence-electron chi connectivity index (χ0n) is 36.8. The summed E-state index contributed by atoms with van der Waals surface area (Å²) in [7, 11) is 1.66. The van der Waals surface area contributed by atoms with E-state index in [4.69, 9.17) is 4.74 Å². The van der Waals surface area contributed by atoms with Crippen LogP contribution in [0, 0.1) is 22.5 Å². The normalized spacial score (nSPS) is 12.9. The second-order valence-electron chi connectivity index (χ2n) is 16.6. The molecule has 10 nitrogen and oxygen atoms in total. The number of hydrogen-bond acceptors (Lipinski definition) is 7. The van der Waals surface area contributed by atoms with Gasteiger partial charge in [0.25, 0.3) is 5.69 Å². The number of nitro groups is 1. The predicted octanol–water partition coefficient (Wildman–Crippen LogP) is 10.1. The largest absolute Gasteiger partial charge is 0.497 e. The molecule has 0 aliphatic heterocycles. The van der Waals surface area contributed by atoms with Gasteiger partial charge in [-0.15, -0.1) is 0 Å². The Balaban J connectivity index is 1.06. The van der Waals surface area contributed by atoms with Gasteiger partial charge in [0.05, 0.1) is 24.2 Å². The molecule has 0 heterocycles. The lowest BCUT2D eigenvalue weighted by atomic mass is 9.77. The number of fused-ring (bicyclic) bond motifs is 3. The van der Waals surface area contributed by atoms with Crippen molar-refractivity contribution in [1.29, 1.82) is 0 Å². The molecule has 1 aliphatic rings. The fourth-order valence-corrected chi connectivity index (χ4v) is 9.13. The predicted molar refractivity (Wildman–Crippen MR) is 259 cm³/mol. The minimum atomic E-state index is -0.902. The summed E-state index contributed by atoms with van der Waals surface area (Å²) in [5.74, 6) is -0.835. The van der Waals surface area contributed by atoms with E-state index in [1.807, 2.05) is 72.8 Å². The van der Waals surface area contributed by atoms with Gasteiger partial charge < -0.3 is 20.5 Å². The first-order valence-electron chi connectivity index (χ1n) is 22.4. The fourth-order valence-electron chi connectivity index (χ4n) is 9.13. The molecule has 1 aliphatic carbocycles. The molecule has 0 unspecified atom stereocenters. The summed E-state index contributed by atoms with van der Waals surface area (Å²) in [6.07, 6.45) is 3.94. The number of ether oxygens (including phenoxy) is 1. The van der Waals surface area contributed by atoms with E-state index in [0.717, 1.165) is 50.3 Å². The van der Waals surface area contributed by atoms with E-state index < -0.39 is 22.4 Å². The quantitative estimate of drug-likeness (QED) is 0.0258. The molecule has 7 aromatic rings. The molecule has 333 valence electrons. The van der Waals surface area contributed by atoms with Crippen molar-refractivity contribution in [1.82, 2.24) is 10.6 Å². The molecule has 10 heteroatoms. The van der Waals surface area contributed by atoms with E-state index >= 15 is 0 Å². The van der Waals surface area contributed by atoms with Crippen LogP contribution in [-0.2, 0) is 28.2 Å². The van der Waals surface area contributed by atoms with Crippen LogP contribution < -0.4 is 20.7 Å². The fraction of sp³-hybridized carbons (Fsp3) is 0.196. The van der Waals surface area contributed by atoms with Crippen molar-refractivity contribution in [3.63, 3.8) is 0 Å². The van der Waals surface area contributed by atoms with E-state index in [9.17, 15) is 24.8 Å². The van der Waals surface area contributed by atoms with Crippen LogP contribution in [0.5, 0.6) is 5.75 Å². The van der Waals surface area contributed by atoms with Gasteiger partial charge in [-0.3, -0.25) is 25.0 Å². The summed E-state index contributed by atoms with van der Waals surface area (Å²) in [6.45, 7) is 0.454. The Bertz CT molecular complexity index is 2640. The highest BCUT2D eigenvalue weighted by Crippen LogP contribution is 2.47. The monoisotopic (exact) mass is 877 g/mol. The Morgan fingerprint density at radius 1 is 0.682 bits per heavy atom. The summed E-state index contributed by atoms with van der Waals surface area (Å²) in [6, 6.07) is 57.5. The Hall–Kier alpha value is -7.40.